The van der Waals surface area contributed by atoms with Crippen molar-refractivity contribution in [3.8, 4) is 11.8 Å². The molecule has 1 aromatic carbocycles. The summed E-state index contributed by atoms with van der Waals surface area (Å²) in [4.78, 5) is 0. The molecule has 2 nitrogen and oxygen atoms in total. The van der Waals surface area contributed by atoms with Gasteiger partial charge < -0.3 is 4.74 Å². The Kier molecular flexibility index (Phi) is 4.47. The molecule has 1 unspecified atom stereocenters. The molecule has 1 aliphatic rings. The molecule has 0 radical (unpaired) electrons. The third kappa shape index (κ3) is 3.29. The van der Waals surface area contributed by atoms with E-state index in [1.54, 1.807) is 0 Å². The number of rotatable bonds is 3. The standard InChI is InChI=1S/C17H23NO/c1-12(2)15-9-8-13(3)10-17(15)19-16-7-5-4-6-14(16)11-18/h4-7,12-13,15,17H,8-10H2,1-3H3/t13-,15+,17?/m0/s1. The summed E-state index contributed by atoms with van der Waals surface area (Å²) >= 11 is 0. The molecule has 1 fully saturated rings. The zero-order valence-electron chi connectivity index (χ0n) is 12.1. The largest absolute Gasteiger partial charge is 0.489 e. The Morgan fingerprint density at radius 2 is 2.00 bits per heavy atom. The minimum absolute atomic E-state index is 0.248. The van der Waals surface area contributed by atoms with Crippen molar-refractivity contribution >= 4 is 0 Å². The van der Waals surface area contributed by atoms with Crippen molar-refractivity contribution in [1.29, 1.82) is 5.26 Å². The van der Waals surface area contributed by atoms with Gasteiger partial charge in [0.25, 0.3) is 0 Å². The van der Waals surface area contributed by atoms with Crippen molar-refractivity contribution in [1.82, 2.24) is 0 Å². The molecular weight excluding hydrogens is 234 g/mol. The molecule has 2 heteroatoms. The van der Waals surface area contributed by atoms with Crippen LogP contribution in [0.2, 0.25) is 0 Å². The monoisotopic (exact) mass is 257 g/mol. The number of nitrogens with zero attached hydrogens (tertiary/aromatic N) is 1. The Balaban J connectivity index is 2.17. The average molecular weight is 257 g/mol. The number of hydrogen-bond donors (Lipinski definition) is 0. The van der Waals surface area contributed by atoms with Crippen molar-refractivity contribution in [2.24, 2.45) is 17.8 Å². The van der Waals surface area contributed by atoms with Crippen LogP contribution in [0.3, 0.4) is 0 Å². The summed E-state index contributed by atoms with van der Waals surface area (Å²) in [7, 11) is 0. The van der Waals surface area contributed by atoms with Crippen molar-refractivity contribution in [2.45, 2.75) is 46.1 Å². The summed E-state index contributed by atoms with van der Waals surface area (Å²) in [6.07, 6.45) is 3.88. The maximum atomic E-state index is 9.14. The molecule has 0 bridgehead atoms. The van der Waals surface area contributed by atoms with Gasteiger partial charge >= 0.3 is 0 Å². The van der Waals surface area contributed by atoms with Gasteiger partial charge in [-0.1, -0.05) is 39.3 Å². The molecule has 0 aliphatic heterocycles. The summed E-state index contributed by atoms with van der Waals surface area (Å²) < 4.78 is 6.20. The fourth-order valence-corrected chi connectivity index (χ4v) is 3.08. The second-order valence-corrected chi connectivity index (χ2v) is 6.09. The van der Waals surface area contributed by atoms with Crippen molar-refractivity contribution in [2.75, 3.05) is 0 Å². The molecule has 1 saturated carbocycles. The van der Waals surface area contributed by atoms with Crippen LogP contribution in [-0.2, 0) is 0 Å². The summed E-state index contributed by atoms with van der Waals surface area (Å²) in [5, 5.41) is 9.14. The van der Waals surface area contributed by atoms with E-state index < -0.39 is 0 Å². The molecule has 0 amide bonds. The zero-order valence-corrected chi connectivity index (χ0v) is 12.1. The van der Waals surface area contributed by atoms with Gasteiger partial charge in [0, 0.05) is 0 Å². The van der Waals surface area contributed by atoms with E-state index in [4.69, 9.17) is 10.00 Å². The first-order valence-electron chi connectivity index (χ1n) is 7.27. The third-order valence-corrected chi connectivity index (χ3v) is 4.25. The molecule has 19 heavy (non-hydrogen) atoms. The minimum Gasteiger partial charge on any atom is -0.489 e. The first-order chi connectivity index (χ1) is 9.11. The van der Waals surface area contributed by atoms with E-state index in [1.165, 1.54) is 12.8 Å². The van der Waals surface area contributed by atoms with E-state index in [2.05, 4.69) is 26.8 Å². The van der Waals surface area contributed by atoms with Gasteiger partial charge in [0.1, 0.15) is 17.9 Å². The SMILES string of the molecule is CC(C)[C@H]1CC[C@H](C)CC1Oc1ccccc1C#N. The number of benzene rings is 1. The van der Waals surface area contributed by atoms with E-state index in [0.29, 0.717) is 23.3 Å². The fourth-order valence-electron chi connectivity index (χ4n) is 3.08. The van der Waals surface area contributed by atoms with Gasteiger partial charge in [-0.3, -0.25) is 0 Å². The number of hydrogen-bond acceptors (Lipinski definition) is 2. The van der Waals surface area contributed by atoms with Gasteiger partial charge in [-0.15, -0.1) is 0 Å². The normalized spacial score (nSPS) is 27.0. The highest BCUT2D eigenvalue weighted by atomic mass is 16.5. The lowest BCUT2D eigenvalue weighted by molar-refractivity contribution is 0.0458. The van der Waals surface area contributed by atoms with E-state index >= 15 is 0 Å². The van der Waals surface area contributed by atoms with Crippen LogP contribution in [0.15, 0.2) is 24.3 Å². The Morgan fingerprint density at radius 1 is 1.26 bits per heavy atom. The molecule has 0 heterocycles. The lowest BCUT2D eigenvalue weighted by Crippen LogP contribution is -2.36. The van der Waals surface area contributed by atoms with Gasteiger partial charge in [0.2, 0.25) is 0 Å². The first-order valence-corrected chi connectivity index (χ1v) is 7.27. The van der Waals surface area contributed by atoms with E-state index in [-0.39, 0.29) is 6.10 Å². The van der Waals surface area contributed by atoms with Gasteiger partial charge in [-0.05, 0) is 42.7 Å². The second-order valence-electron chi connectivity index (χ2n) is 6.09. The summed E-state index contributed by atoms with van der Waals surface area (Å²) in [5.41, 5.74) is 0.642. The van der Waals surface area contributed by atoms with Crippen LogP contribution in [0, 0.1) is 29.1 Å². The molecule has 0 aromatic heterocycles. The van der Waals surface area contributed by atoms with Crippen LogP contribution >= 0.6 is 0 Å². The number of ether oxygens (including phenoxy) is 1. The summed E-state index contributed by atoms with van der Waals surface area (Å²) in [6, 6.07) is 9.77. The molecule has 102 valence electrons. The number of nitriles is 1. The summed E-state index contributed by atoms with van der Waals surface area (Å²) in [6.45, 7) is 6.84. The van der Waals surface area contributed by atoms with Crippen LogP contribution in [0.1, 0.15) is 45.6 Å². The third-order valence-electron chi connectivity index (χ3n) is 4.25. The van der Waals surface area contributed by atoms with Crippen molar-refractivity contribution in [3.05, 3.63) is 29.8 Å². The predicted octanol–water partition coefficient (Wildman–Crippen LogP) is 4.40. The van der Waals surface area contributed by atoms with Crippen LogP contribution in [0.5, 0.6) is 5.75 Å². The zero-order chi connectivity index (χ0) is 13.8. The lowest BCUT2D eigenvalue weighted by atomic mass is 9.75. The first kappa shape index (κ1) is 13.9. The fraction of sp³-hybridized carbons (Fsp3) is 0.588. The van der Waals surface area contributed by atoms with Gasteiger partial charge in [0.15, 0.2) is 0 Å². The van der Waals surface area contributed by atoms with E-state index in [1.807, 2.05) is 24.3 Å². The topological polar surface area (TPSA) is 33.0 Å². The molecule has 0 spiro atoms. The van der Waals surface area contributed by atoms with Gasteiger partial charge in [-0.2, -0.15) is 5.26 Å². The van der Waals surface area contributed by atoms with Crippen LogP contribution in [0.25, 0.3) is 0 Å². The number of para-hydroxylation sites is 1. The highest BCUT2D eigenvalue weighted by Crippen LogP contribution is 2.36. The molecular formula is C17H23NO. The molecule has 0 N–H and O–H groups in total. The second kappa shape index (κ2) is 6.10. The maximum absolute atomic E-state index is 9.14. The van der Waals surface area contributed by atoms with Gasteiger partial charge in [-0.25, -0.2) is 0 Å². The highest BCUT2D eigenvalue weighted by molar-refractivity contribution is 5.42. The van der Waals surface area contributed by atoms with Crippen LogP contribution in [0.4, 0.5) is 0 Å². The predicted molar refractivity (Wildman–Crippen MR) is 76.9 cm³/mol. The molecule has 1 aliphatic carbocycles. The van der Waals surface area contributed by atoms with Crippen LogP contribution < -0.4 is 4.74 Å². The van der Waals surface area contributed by atoms with E-state index in [9.17, 15) is 0 Å². The Hall–Kier alpha value is -1.49. The Morgan fingerprint density at radius 3 is 2.68 bits per heavy atom. The minimum atomic E-state index is 0.248. The summed E-state index contributed by atoms with van der Waals surface area (Å²) in [5.74, 6) is 2.69. The van der Waals surface area contributed by atoms with Gasteiger partial charge in [0.05, 0.1) is 5.56 Å². The Bertz CT molecular complexity index is 461. The molecule has 2 rings (SSSR count). The quantitative estimate of drug-likeness (QED) is 0.804. The molecule has 1 aromatic rings. The van der Waals surface area contributed by atoms with Crippen molar-refractivity contribution < 1.29 is 4.74 Å². The van der Waals surface area contributed by atoms with Crippen LogP contribution in [-0.4, -0.2) is 6.10 Å². The Labute approximate surface area is 116 Å². The highest BCUT2D eigenvalue weighted by Gasteiger charge is 2.32. The average Bonchev–Trinajstić information content (AvgIpc) is 2.39. The maximum Gasteiger partial charge on any atom is 0.137 e. The van der Waals surface area contributed by atoms with Crippen molar-refractivity contribution in [3.63, 3.8) is 0 Å². The molecule has 0 saturated heterocycles. The van der Waals surface area contributed by atoms with E-state index in [0.717, 1.165) is 12.2 Å². The lowest BCUT2D eigenvalue weighted by Gasteiger charge is -2.37. The molecule has 3 atom stereocenters. The smallest absolute Gasteiger partial charge is 0.137 e.